The van der Waals surface area contributed by atoms with Gasteiger partial charge in [0.1, 0.15) is 0 Å². The van der Waals surface area contributed by atoms with E-state index in [1.807, 2.05) is 6.20 Å². The lowest BCUT2D eigenvalue weighted by Crippen LogP contribution is -2.07. The van der Waals surface area contributed by atoms with Crippen LogP contribution in [-0.4, -0.2) is 10.2 Å². The zero-order chi connectivity index (χ0) is 10.8. The number of fused-ring (bicyclic) bond motifs is 1. The minimum atomic E-state index is 0.632. The van der Waals surface area contributed by atoms with Gasteiger partial charge >= 0.3 is 0 Å². The first-order valence-corrected chi connectivity index (χ1v) is 6.15. The number of benzene rings is 1. The van der Waals surface area contributed by atoms with Crippen molar-refractivity contribution < 1.29 is 0 Å². The van der Waals surface area contributed by atoms with Crippen LogP contribution in [0.25, 0.3) is 10.8 Å². The van der Waals surface area contributed by atoms with Crippen molar-refractivity contribution >= 4 is 10.8 Å². The third-order valence-electron chi connectivity index (χ3n) is 3.59. The summed E-state index contributed by atoms with van der Waals surface area (Å²) in [5.74, 6) is 0.632. The smallest absolute Gasteiger partial charge is 0.0740 e. The summed E-state index contributed by atoms with van der Waals surface area (Å²) < 4.78 is 0. The first-order chi connectivity index (χ1) is 7.95. The van der Waals surface area contributed by atoms with E-state index >= 15 is 0 Å². The van der Waals surface area contributed by atoms with Crippen LogP contribution in [0.2, 0.25) is 0 Å². The van der Waals surface area contributed by atoms with Crippen LogP contribution in [0.3, 0.4) is 0 Å². The maximum atomic E-state index is 4.38. The quantitative estimate of drug-likeness (QED) is 0.720. The molecule has 0 atom stereocenters. The Balaban J connectivity index is 2.08. The fraction of sp³-hybridized carbons (Fsp3) is 0.429. The first kappa shape index (κ1) is 9.76. The summed E-state index contributed by atoms with van der Waals surface area (Å²) in [6.45, 7) is 0. The zero-order valence-corrected chi connectivity index (χ0v) is 9.39. The Morgan fingerprint density at radius 3 is 2.69 bits per heavy atom. The van der Waals surface area contributed by atoms with Gasteiger partial charge in [0.05, 0.1) is 11.9 Å². The molecule has 0 saturated heterocycles. The SMILES string of the molecule is c1ccc2c(C3CCCCC3)nncc2c1. The molecule has 1 heterocycles. The topological polar surface area (TPSA) is 25.8 Å². The molecule has 2 nitrogen and oxygen atoms in total. The average molecular weight is 212 g/mol. The van der Waals surface area contributed by atoms with Crippen LogP contribution in [-0.2, 0) is 0 Å². The molecule has 16 heavy (non-hydrogen) atoms. The predicted octanol–water partition coefficient (Wildman–Crippen LogP) is 3.68. The summed E-state index contributed by atoms with van der Waals surface area (Å²) in [4.78, 5) is 0. The van der Waals surface area contributed by atoms with E-state index in [1.165, 1.54) is 48.6 Å². The first-order valence-electron chi connectivity index (χ1n) is 6.15. The molecule has 0 bridgehead atoms. The van der Waals surface area contributed by atoms with Gasteiger partial charge in [0.15, 0.2) is 0 Å². The molecule has 2 heteroatoms. The lowest BCUT2D eigenvalue weighted by atomic mass is 9.85. The highest BCUT2D eigenvalue weighted by molar-refractivity contribution is 5.83. The molecule has 2 aromatic rings. The number of nitrogens with zero attached hydrogens (tertiary/aromatic N) is 2. The summed E-state index contributed by atoms with van der Waals surface area (Å²) in [6, 6.07) is 8.45. The van der Waals surface area contributed by atoms with Gasteiger partial charge in [-0.2, -0.15) is 10.2 Å². The van der Waals surface area contributed by atoms with Gasteiger partial charge in [-0.25, -0.2) is 0 Å². The molecule has 1 aliphatic carbocycles. The molecular weight excluding hydrogens is 196 g/mol. The van der Waals surface area contributed by atoms with Gasteiger partial charge < -0.3 is 0 Å². The second kappa shape index (κ2) is 4.20. The van der Waals surface area contributed by atoms with Gasteiger partial charge in [-0.05, 0) is 12.8 Å². The van der Waals surface area contributed by atoms with E-state index in [0.717, 1.165) is 0 Å². The second-order valence-electron chi connectivity index (χ2n) is 4.65. The van der Waals surface area contributed by atoms with Crippen molar-refractivity contribution in [3.8, 4) is 0 Å². The maximum Gasteiger partial charge on any atom is 0.0740 e. The Morgan fingerprint density at radius 1 is 1.00 bits per heavy atom. The zero-order valence-electron chi connectivity index (χ0n) is 9.39. The Hall–Kier alpha value is -1.44. The Kier molecular flexibility index (Phi) is 2.56. The third kappa shape index (κ3) is 1.69. The molecule has 0 aliphatic heterocycles. The molecule has 0 N–H and O–H groups in total. The lowest BCUT2D eigenvalue weighted by Gasteiger charge is -2.21. The third-order valence-corrected chi connectivity index (χ3v) is 3.59. The van der Waals surface area contributed by atoms with Crippen LogP contribution in [0.4, 0.5) is 0 Å². The molecule has 3 rings (SSSR count). The summed E-state index contributed by atoms with van der Waals surface area (Å²) in [5.41, 5.74) is 1.22. The minimum absolute atomic E-state index is 0.632. The standard InChI is InChI=1S/C14H16N2/c1-2-6-11(7-3-1)14-13-9-5-4-8-12(13)10-15-16-14/h4-5,8-11H,1-3,6-7H2. The maximum absolute atomic E-state index is 4.38. The van der Waals surface area contributed by atoms with Gasteiger partial charge in [-0.1, -0.05) is 43.5 Å². The van der Waals surface area contributed by atoms with E-state index in [1.54, 1.807) is 0 Å². The number of rotatable bonds is 1. The van der Waals surface area contributed by atoms with Crippen molar-refractivity contribution in [2.45, 2.75) is 38.0 Å². The van der Waals surface area contributed by atoms with E-state index in [-0.39, 0.29) is 0 Å². The molecule has 1 aromatic carbocycles. The van der Waals surface area contributed by atoms with Gasteiger partial charge in [0.25, 0.3) is 0 Å². The fourth-order valence-electron chi connectivity index (χ4n) is 2.73. The molecule has 0 amide bonds. The van der Waals surface area contributed by atoms with Crippen molar-refractivity contribution in [3.63, 3.8) is 0 Å². The van der Waals surface area contributed by atoms with Gasteiger partial charge in [-0.3, -0.25) is 0 Å². The summed E-state index contributed by atoms with van der Waals surface area (Å²) >= 11 is 0. The molecule has 82 valence electrons. The number of hydrogen-bond donors (Lipinski definition) is 0. The van der Waals surface area contributed by atoms with Crippen LogP contribution in [0.15, 0.2) is 30.5 Å². The summed E-state index contributed by atoms with van der Waals surface area (Å²) in [5, 5.41) is 11.0. The van der Waals surface area contributed by atoms with Crippen molar-refractivity contribution in [3.05, 3.63) is 36.2 Å². The molecule has 1 aliphatic rings. The van der Waals surface area contributed by atoms with E-state index < -0.39 is 0 Å². The molecular formula is C14H16N2. The summed E-state index contributed by atoms with van der Waals surface area (Å²) in [7, 11) is 0. The highest BCUT2D eigenvalue weighted by Crippen LogP contribution is 2.34. The molecule has 0 spiro atoms. The van der Waals surface area contributed by atoms with Gasteiger partial charge in [0.2, 0.25) is 0 Å². The van der Waals surface area contributed by atoms with Gasteiger partial charge in [-0.15, -0.1) is 0 Å². The van der Waals surface area contributed by atoms with Crippen LogP contribution < -0.4 is 0 Å². The van der Waals surface area contributed by atoms with E-state index in [9.17, 15) is 0 Å². The highest BCUT2D eigenvalue weighted by Gasteiger charge is 2.19. The molecule has 1 fully saturated rings. The van der Waals surface area contributed by atoms with Crippen molar-refractivity contribution in [1.82, 2.24) is 10.2 Å². The Bertz CT molecular complexity index is 482. The molecule has 0 unspecified atom stereocenters. The number of aromatic nitrogens is 2. The van der Waals surface area contributed by atoms with Crippen LogP contribution >= 0.6 is 0 Å². The second-order valence-corrected chi connectivity index (χ2v) is 4.65. The highest BCUT2D eigenvalue weighted by atomic mass is 15.1. The molecule has 0 radical (unpaired) electrons. The molecule has 1 aromatic heterocycles. The van der Waals surface area contributed by atoms with E-state index in [0.29, 0.717) is 5.92 Å². The predicted molar refractivity (Wildman–Crippen MR) is 65.4 cm³/mol. The average Bonchev–Trinajstić information content (AvgIpc) is 2.39. The molecule has 1 saturated carbocycles. The monoisotopic (exact) mass is 212 g/mol. The Morgan fingerprint density at radius 2 is 1.81 bits per heavy atom. The van der Waals surface area contributed by atoms with Crippen molar-refractivity contribution in [2.24, 2.45) is 0 Å². The minimum Gasteiger partial charge on any atom is -0.158 e. The summed E-state index contributed by atoms with van der Waals surface area (Å²) in [6.07, 6.45) is 8.49. The van der Waals surface area contributed by atoms with Crippen molar-refractivity contribution in [2.75, 3.05) is 0 Å². The lowest BCUT2D eigenvalue weighted by molar-refractivity contribution is 0.436. The van der Waals surface area contributed by atoms with Crippen molar-refractivity contribution in [1.29, 1.82) is 0 Å². The fourth-order valence-corrected chi connectivity index (χ4v) is 2.73. The van der Waals surface area contributed by atoms with E-state index in [2.05, 4.69) is 34.5 Å². The largest absolute Gasteiger partial charge is 0.158 e. The van der Waals surface area contributed by atoms with Crippen LogP contribution in [0.5, 0.6) is 0 Å². The van der Waals surface area contributed by atoms with Crippen LogP contribution in [0.1, 0.15) is 43.7 Å². The number of hydrogen-bond acceptors (Lipinski definition) is 2. The Labute approximate surface area is 95.7 Å². The van der Waals surface area contributed by atoms with Gasteiger partial charge in [0, 0.05) is 16.7 Å². The van der Waals surface area contributed by atoms with E-state index in [4.69, 9.17) is 0 Å². The normalized spacial score (nSPS) is 17.8. The van der Waals surface area contributed by atoms with Crippen LogP contribution in [0, 0.1) is 0 Å².